The van der Waals surface area contributed by atoms with Gasteiger partial charge in [0.2, 0.25) is 0 Å². The molecule has 17 heavy (non-hydrogen) atoms. The van der Waals surface area contributed by atoms with E-state index in [0.717, 1.165) is 5.56 Å². The molecule has 0 aliphatic heterocycles. The Bertz CT molecular complexity index is 334. The molecule has 0 aliphatic rings. The van der Waals surface area contributed by atoms with Crippen molar-refractivity contribution in [3.63, 3.8) is 0 Å². The van der Waals surface area contributed by atoms with Crippen LogP contribution >= 0.6 is 11.3 Å². The molecule has 1 aromatic heterocycles. The minimum absolute atomic E-state index is 0.239. The highest BCUT2D eigenvalue weighted by Gasteiger charge is 2.22. The highest BCUT2D eigenvalue weighted by Crippen LogP contribution is 2.12. The minimum Gasteiger partial charge on any atom is -0.388 e. The first-order valence-corrected chi connectivity index (χ1v) is 6.79. The zero-order chi connectivity index (χ0) is 12.7. The minimum atomic E-state index is -0.792. The largest absolute Gasteiger partial charge is 0.388 e. The number of urea groups is 1. The highest BCUT2D eigenvalue weighted by atomic mass is 32.1. The lowest BCUT2D eigenvalue weighted by Crippen LogP contribution is -2.45. The lowest BCUT2D eigenvalue weighted by molar-refractivity contribution is 0.0349. The highest BCUT2D eigenvalue weighted by molar-refractivity contribution is 7.07. The normalized spacial score (nSPS) is 11.2. The van der Waals surface area contributed by atoms with Gasteiger partial charge in [-0.2, -0.15) is 11.3 Å². The summed E-state index contributed by atoms with van der Waals surface area (Å²) in [7, 11) is 0. The fourth-order valence-corrected chi connectivity index (χ4v) is 2.05. The first-order valence-electron chi connectivity index (χ1n) is 5.85. The maximum Gasteiger partial charge on any atom is 0.315 e. The van der Waals surface area contributed by atoms with Crippen LogP contribution in [0.25, 0.3) is 0 Å². The Morgan fingerprint density at radius 3 is 2.65 bits per heavy atom. The molecular weight excluding hydrogens is 236 g/mol. The summed E-state index contributed by atoms with van der Waals surface area (Å²) in [6.07, 6.45) is 1.27. The van der Waals surface area contributed by atoms with Gasteiger partial charge in [-0.15, -0.1) is 0 Å². The first-order chi connectivity index (χ1) is 8.09. The second-order valence-electron chi connectivity index (χ2n) is 4.10. The summed E-state index contributed by atoms with van der Waals surface area (Å²) < 4.78 is 0. The van der Waals surface area contributed by atoms with Crippen LogP contribution in [-0.4, -0.2) is 23.3 Å². The number of rotatable bonds is 6. The molecule has 0 saturated heterocycles. The molecule has 0 saturated carbocycles. The summed E-state index contributed by atoms with van der Waals surface area (Å²) in [5.41, 5.74) is 0.297. The Kier molecular flexibility index (Phi) is 5.44. The molecule has 0 spiro atoms. The molecule has 5 heteroatoms. The number of nitrogens with one attached hydrogen (secondary N) is 2. The van der Waals surface area contributed by atoms with Gasteiger partial charge in [-0.3, -0.25) is 0 Å². The lowest BCUT2D eigenvalue weighted by atomic mass is 9.98. The van der Waals surface area contributed by atoms with E-state index in [-0.39, 0.29) is 12.6 Å². The Balaban J connectivity index is 2.26. The number of thiophene rings is 1. The van der Waals surface area contributed by atoms with Crippen LogP contribution < -0.4 is 10.6 Å². The predicted octanol–water partition coefficient (Wildman–Crippen LogP) is 2.10. The molecule has 2 amide bonds. The number of amides is 2. The van der Waals surface area contributed by atoms with Crippen LogP contribution in [0.1, 0.15) is 32.3 Å². The quantitative estimate of drug-likeness (QED) is 0.730. The van der Waals surface area contributed by atoms with Crippen molar-refractivity contribution >= 4 is 17.4 Å². The zero-order valence-corrected chi connectivity index (χ0v) is 11.1. The molecule has 0 radical (unpaired) electrons. The Hall–Kier alpha value is -1.07. The van der Waals surface area contributed by atoms with E-state index in [9.17, 15) is 9.90 Å². The van der Waals surface area contributed by atoms with E-state index < -0.39 is 5.60 Å². The van der Waals surface area contributed by atoms with Gasteiger partial charge in [0.1, 0.15) is 0 Å². The fourth-order valence-electron chi connectivity index (χ4n) is 1.38. The Labute approximate surface area is 106 Å². The van der Waals surface area contributed by atoms with Crippen LogP contribution in [-0.2, 0) is 6.54 Å². The monoisotopic (exact) mass is 256 g/mol. The van der Waals surface area contributed by atoms with Crippen LogP contribution in [0.15, 0.2) is 16.8 Å². The topological polar surface area (TPSA) is 61.4 Å². The van der Waals surface area contributed by atoms with Crippen molar-refractivity contribution in [3.05, 3.63) is 22.4 Å². The molecule has 96 valence electrons. The van der Waals surface area contributed by atoms with Crippen LogP contribution in [0.5, 0.6) is 0 Å². The van der Waals surface area contributed by atoms with Crippen LogP contribution in [0.3, 0.4) is 0 Å². The summed E-state index contributed by atoms with van der Waals surface area (Å²) in [6.45, 7) is 4.63. The van der Waals surface area contributed by atoms with Crippen molar-refractivity contribution in [2.24, 2.45) is 0 Å². The van der Waals surface area contributed by atoms with Gasteiger partial charge in [0.15, 0.2) is 0 Å². The average Bonchev–Trinajstić information content (AvgIpc) is 2.86. The summed E-state index contributed by atoms with van der Waals surface area (Å²) in [6, 6.07) is 1.73. The van der Waals surface area contributed by atoms with Crippen molar-refractivity contribution in [1.29, 1.82) is 0 Å². The van der Waals surface area contributed by atoms with Gasteiger partial charge in [0, 0.05) is 13.1 Å². The Morgan fingerprint density at radius 2 is 2.12 bits per heavy atom. The molecule has 0 unspecified atom stereocenters. The number of carbonyl (C=O) groups excluding carboxylic acids is 1. The third kappa shape index (κ3) is 4.75. The van der Waals surface area contributed by atoms with E-state index in [0.29, 0.717) is 19.4 Å². The Morgan fingerprint density at radius 1 is 1.41 bits per heavy atom. The second kappa shape index (κ2) is 6.61. The van der Waals surface area contributed by atoms with E-state index in [1.54, 1.807) is 11.3 Å². The van der Waals surface area contributed by atoms with Crippen molar-refractivity contribution in [2.45, 2.75) is 38.8 Å². The third-order valence-electron chi connectivity index (χ3n) is 2.93. The average molecular weight is 256 g/mol. The van der Waals surface area contributed by atoms with Gasteiger partial charge >= 0.3 is 6.03 Å². The SMILES string of the molecule is CCC(O)(CC)CNC(=O)NCc1ccsc1. The molecule has 4 nitrogen and oxygen atoms in total. The van der Waals surface area contributed by atoms with E-state index >= 15 is 0 Å². The van der Waals surface area contributed by atoms with Crippen LogP contribution in [0.4, 0.5) is 4.79 Å². The van der Waals surface area contributed by atoms with E-state index in [2.05, 4.69) is 10.6 Å². The number of hydrogen-bond donors (Lipinski definition) is 3. The molecule has 0 bridgehead atoms. The molecule has 1 heterocycles. The summed E-state index contributed by atoms with van der Waals surface area (Å²) >= 11 is 1.60. The standard InChI is InChI=1S/C12H20N2O2S/c1-3-12(16,4-2)9-14-11(15)13-7-10-5-6-17-8-10/h5-6,8,16H,3-4,7,9H2,1-2H3,(H2,13,14,15). The fraction of sp³-hybridized carbons (Fsp3) is 0.583. The van der Waals surface area contributed by atoms with Crippen molar-refractivity contribution in [1.82, 2.24) is 10.6 Å². The van der Waals surface area contributed by atoms with Crippen molar-refractivity contribution in [2.75, 3.05) is 6.54 Å². The second-order valence-corrected chi connectivity index (χ2v) is 4.88. The van der Waals surface area contributed by atoms with Gasteiger partial charge in [0.25, 0.3) is 0 Å². The van der Waals surface area contributed by atoms with Crippen LogP contribution in [0, 0.1) is 0 Å². The van der Waals surface area contributed by atoms with E-state index in [4.69, 9.17) is 0 Å². The maximum atomic E-state index is 11.5. The molecule has 1 aromatic rings. The van der Waals surface area contributed by atoms with Gasteiger partial charge in [0.05, 0.1) is 5.60 Å². The van der Waals surface area contributed by atoms with Crippen molar-refractivity contribution < 1.29 is 9.90 Å². The smallest absolute Gasteiger partial charge is 0.315 e. The van der Waals surface area contributed by atoms with Crippen LogP contribution in [0.2, 0.25) is 0 Å². The molecule has 0 fully saturated rings. The van der Waals surface area contributed by atoms with E-state index in [1.165, 1.54) is 0 Å². The van der Waals surface area contributed by atoms with Gasteiger partial charge in [-0.1, -0.05) is 13.8 Å². The summed E-state index contributed by atoms with van der Waals surface area (Å²) in [4.78, 5) is 11.5. The van der Waals surface area contributed by atoms with Gasteiger partial charge < -0.3 is 15.7 Å². The lowest BCUT2D eigenvalue weighted by Gasteiger charge is -2.25. The molecule has 1 rings (SSSR count). The third-order valence-corrected chi connectivity index (χ3v) is 3.66. The predicted molar refractivity (Wildman–Crippen MR) is 70.1 cm³/mol. The molecule has 0 aromatic carbocycles. The first kappa shape index (κ1) is 14.0. The van der Waals surface area contributed by atoms with Crippen molar-refractivity contribution in [3.8, 4) is 0 Å². The van der Waals surface area contributed by atoms with E-state index in [1.807, 2.05) is 30.7 Å². The molecule has 0 atom stereocenters. The summed E-state index contributed by atoms with van der Waals surface area (Å²) in [5.74, 6) is 0. The molecular formula is C12H20N2O2S. The molecule has 3 N–H and O–H groups in total. The number of aliphatic hydroxyl groups is 1. The molecule has 0 aliphatic carbocycles. The summed E-state index contributed by atoms with van der Waals surface area (Å²) in [5, 5.41) is 19.4. The maximum absolute atomic E-state index is 11.5. The number of carbonyl (C=O) groups is 1. The number of hydrogen-bond acceptors (Lipinski definition) is 3. The van der Waals surface area contributed by atoms with Gasteiger partial charge in [-0.05, 0) is 35.2 Å². The zero-order valence-electron chi connectivity index (χ0n) is 10.3. The van der Waals surface area contributed by atoms with Gasteiger partial charge in [-0.25, -0.2) is 4.79 Å².